The summed E-state index contributed by atoms with van der Waals surface area (Å²) in [6, 6.07) is 8.24. The molecule has 0 fully saturated rings. The lowest BCUT2D eigenvalue weighted by Crippen LogP contribution is -1.97. The fourth-order valence-corrected chi connectivity index (χ4v) is 1.57. The maximum Gasteiger partial charge on any atom is 0.212 e. The standard InChI is InChI=1S/C14H14FNO2/c1-10-5-12(15)7-13(6-10)18-9-11-3-4-14(17-2)16-8-11/h3-8H,9H2,1-2H3. The molecule has 2 rings (SSSR count). The van der Waals surface area contributed by atoms with Crippen molar-refractivity contribution in [2.45, 2.75) is 13.5 Å². The van der Waals surface area contributed by atoms with Crippen LogP contribution in [0.5, 0.6) is 11.6 Å². The number of methoxy groups -OCH3 is 1. The molecule has 0 aliphatic rings. The second kappa shape index (κ2) is 5.49. The molecule has 0 saturated heterocycles. The SMILES string of the molecule is COc1ccc(COc2cc(C)cc(F)c2)cn1. The summed E-state index contributed by atoms with van der Waals surface area (Å²) in [6.07, 6.45) is 1.67. The first-order valence-electron chi connectivity index (χ1n) is 5.56. The molecule has 2 aromatic rings. The van der Waals surface area contributed by atoms with Crippen LogP contribution in [0.15, 0.2) is 36.5 Å². The van der Waals surface area contributed by atoms with E-state index < -0.39 is 0 Å². The van der Waals surface area contributed by atoms with Gasteiger partial charge in [-0.2, -0.15) is 0 Å². The van der Waals surface area contributed by atoms with Crippen molar-refractivity contribution in [1.82, 2.24) is 4.98 Å². The maximum atomic E-state index is 13.1. The van der Waals surface area contributed by atoms with Crippen molar-refractivity contribution >= 4 is 0 Å². The highest BCUT2D eigenvalue weighted by Gasteiger charge is 2.01. The molecule has 0 N–H and O–H groups in total. The summed E-state index contributed by atoms with van der Waals surface area (Å²) in [7, 11) is 1.56. The summed E-state index contributed by atoms with van der Waals surface area (Å²) >= 11 is 0. The van der Waals surface area contributed by atoms with Crippen LogP contribution < -0.4 is 9.47 Å². The Kier molecular flexibility index (Phi) is 3.77. The Bertz CT molecular complexity index is 506. The van der Waals surface area contributed by atoms with Crippen LogP contribution in [0.1, 0.15) is 11.1 Å². The zero-order valence-electron chi connectivity index (χ0n) is 10.3. The van der Waals surface area contributed by atoms with E-state index >= 15 is 0 Å². The summed E-state index contributed by atoms with van der Waals surface area (Å²) in [5.74, 6) is 0.779. The number of hydrogen-bond acceptors (Lipinski definition) is 3. The molecule has 0 spiro atoms. The Morgan fingerprint density at radius 3 is 2.67 bits per heavy atom. The average Bonchev–Trinajstić information content (AvgIpc) is 2.36. The van der Waals surface area contributed by atoms with Crippen LogP contribution in [0.4, 0.5) is 4.39 Å². The third kappa shape index (κ3) is 3.20. The van der Waals surface area contributed by atoms with Crippen molar-refractivity contribution in [3.63, 3.8) is 0 Å². The fourth-order valence-electron chi connectivity index (χ4n) is 1.57. The molecular weight excluding hydrogens is 233 g/mol. The fraction of sp³-hybridized carbons (Fsp3) is 0.214. The molecule has 0 bridgehead atoms. The Labute approximate surface area is 105 Å². The van der Waals surface area contributed by atoms with Crippen LogP contribution in [0.3, 0.4) is 0 Å². The molecule has 1 aromatic heterocycles. The second-order valence-electron chi connectivity index (χ2n) is 3.96. The summed E-state index contributed by atoms with van der Waals surface area (Å²) < 4.78 is 23.6. The van der Waals surface area contributed by atoms with Crippen LogP contribution in [0, 0.1) is 12.7 Å². The molecule has 0 atom stereocenters. The average molecular weight is 247 g/mol. The molecular formula is C14H14FNO2. The smallest absolute Gasteiger partial charge is 0.212 e. The topological polar surface area (TPSA) is 31.4 Å². The van der Waals surface area contributed by atoms with Crippen molar-refractivity contribution in [2.75, 3.05) is 7.11 Å². The van der Waals surface area contributed by atoms with Crippen molar-refractivity contribution < 1.29 is 13.9 Å². The van der Waals surface area contributed by atoms with Gasteiger partial charge in [0.25, 0.3) is 0 Å². The molecule has 1 aromatic carbocycles. The van der Waals surface area contributed by atoms with E-state index in [9.17, 15) is 4.39 Å². The van der Waals surface area contributed by atoms with E-state index in [2.05, 4.69) is 4.98 Å². The lowest BCUT2D eigenvalue weighted by Gasteiger charge is -2.07. The van der Waals surface area contributed by atoms with Crippen molar-refractivity contribution in [3.8, 4) is 11.6 Å². The highest BCUT2D eigenvalue weighted by Crippen LogP contribution is 2.17. The van der Waals surface area contributed by atoms with Gasteiger partial charge in [0.1, 0.15) is 18.2 Å². The zero-order chi connectivity index (χ0) is 13.0. The molecule has 94 valence electrons. The monoisotopic (exact) mass is 247 g/mol. The zero-order valence-corrected chi connectivity index (χ0v) is 10.3. The second-order valence-corrected chi connectivity index (χ2v) is 3.96. The molecule has 3 nitrogen and oxygen atoms in total. The van der Waals surface area contributed by atoms with Crippen LogP contribution >= 0.6 is 0 Å². The molecule has 0 saturated carbocycles. The van der Waals surface area contributed by atoms with Gasteiger partial charge in [-0.1, -0.05) is 0 Å². The van der Waals surface area contributed by atoms with E-state index in [4.69, 9.17) is 9.47 Å². The number of hydrogen-bond donors (Lipinski definition) is 0. The number of ether oxygens (including phenoxy) is 2. The first-order valence-corrected chi connectivity index (χ1v) is 5.56. The van der Waals surface area contributed by atoms with Crippen LogP contribution in [0.2, 0.25) is 0 Å². The number of rotatable bonds is 4. The van der Waals surface area contributed by atoms with E-state index in [1.807, 2.05) is 13.0 Å². The minimum absolute atomic E-state index is 0.294. The lowest BCUT2D eigenvalue weighted by molar-refractivity contribution is 0.303. The normalized spacial score (nSPS) is 10.2. The van der Waals surface area contributed by atoms with Crippen LogP contribution in [-0.4, -0.2) is 12.1 Å². The van der Waals surface area contributed by atoms with E-state index in [1.54, 1.807) is 25.4 Å². The quantitative estimate of drug-likeness (QED) is 0.831. The van der Waals surface area contributed by atoms with E-state index in [1.165, 1.54) is 12.1 Å². The number of aryl methyl sites for hydroxylation is 1. The summed E-state index contributed by atoms with van der Waals surface area (Å²) in [6.45, 7) is 2.17. The molecule has 0 amide bonds. The number of halogens is 1. The van der Waals surface area contributed by atoms with Crippen molar-refractivity contribution in [2.24, 2.45) is 0 Å². The van der Waals surface area contributed by atoms with Crippen LogP contribution in [0.25, 0.3) is 0 Å². The molecule has 4 heteroatoms. The largest absolute Gasteiger partial charge is 0.489 e. The first kappa shape index (κ1) is 12.4. The third-order valence-corrected chi connectivity index (χ3v) is 2.43. The Morgan fingerprint density at radius 1 is 1.22 bits per heavy atom. The van der Waals surface area contributed by atoms with Gasteiger partial charge in [-0.25, -0.2) is 9.37 Å². The van der Waals surface area contributed by atoms with Gasteiger partial charge in [-0.3, -0.25) is 0 Å². The molecule has 0 aliphatic heterocycles. The summed E-state index contributed by atoms with van der Waals surface area (Å²) in [5, 5.41) is 0. The van der Waals surface area contributed by atoms with Crippen LogP contribution in [-0.2, 0) is 6.61 Å². The highest BCUT2D eigenvalue weighted by molar-refractivity contribution is 5.29. The van der Waals surface area contributed by atoms with Gasteiger partial charge in [0.05, 0.1) is 7.11 Å². The highest BCUT2D eigenvalue weighted by atomic mass is 19.1. The first-order chi connectivity index (χ1) is 8.67. The molecule has 1 heterocycles. The number of nitrogens with zero attached hydrogens (tertiary/aromatic N) is 1. The molecule has 0 radical (unpaired) electrons. The Balaban J connectivity index is 2.01. The molecule has 0 unspecified atom stereocenters. The summed E-state index contributed by atoms with van der Waals surface area (Å²) in [4.78, 5) is 4.07. The molecule has 18 heavy (non-hydrogen) atoms. The van der Waals surface area contributed by atoms with Gasteiger partial charge in [0.2, 0.25) is 5.88 Å². The van der Waals surface area contributed by atoms with Gasteiger partial charge < -0.3 is 9.47 Å². The van der Waals surface area contributed by atoms with Crippen molar-refractivity contribution in [3.05, 3.63) is 53.5 Å². The minimum Gasteiger partial charge on any atom is -0.489 e. The predicted octanol–water partition coefficient (Wildman–Crippen LogP) is 3.12. The predicted molar refractivity (Wildman–Crippen MR) is 66.3 cm³/mol. The van der Waals surface area contributed by atoms with E-state index in [0.29, 0.717) is 18.2 Å². The number of pyridine rings is 1. The lowest BCUT2D eigenvalue weighted by atomic mass is 10.2. The maximum absolute atomic E-state index is 13.1. The van der Waals surface area contributed by atoms with Crippen molar-refractivity contribution in [1.29, 1.82) is 0 Å². The van der Waals surface area contributed by atoms with Gasteiger partial charge in [0, 0.05) is 23.9 Å². The van der Waals surface area contributed by atoms with Gasteiger partial charge in [0.15, 0.2) is 0 Å². The van der Waals surface area contributed by atoms with E-state index in [-0.39, 0.29) is 5.82 Å². The van der Waals surface area contributed by atoms with Gasteiger partial charge in [-0.05, 0) is 30.7 Å². The number of benzene rings is 1. The van der Waals surface area contributed by atoms with E-state index in [0.717, 1.165) is 11.1 Å². The number of aromatic nitrogens is 1. The van der Waals surface area contributed by atoms with Gasteiger partial charge >= 0.3 is 0 Å². The molecule has 0 aliphatic carbocycles. The summed E-state index contributed by atoms with van der Waals surface area (Å²) in [5.41, 5.74) is 1.73. The Morgan fingerprint density at radius 2 is 2.06 bits per heavy atom. The van der Waals surface area contributed by atoms with Gasteiger partial charge in [-0.15, -0.1) is 0 Å². The minimum atomic E-state index is -0.294. The third-order valence-electron chi connectivity index (χ3n) is 2.43. The Hall–Kier alpha value is -2.10.